The minimum absolute atomic E-state index is 0.0700. The van der Waals surface area contributed by atoms with Crippen LogP contribution >= 0.6 is 11.3 Å². The van der Waals surface area contributed by atoms with Crippen LogP contribution in [0.2, 0.25) is 0 Å². The smallest absolute Gasteiger partial charge is 0.251 e. The zero-order valence-corrected chi connectivity index (χ0v) is 13.7. The molecule has 1 saturated heterocycles. The summed E-state index contributed by atoms with van der Waals surface area (Å²) in [5, 5.41) is 0. The summed E-state index contributed by atoms with van der Waals surface area (Å²) >= 11 is 1.67. The Balaban J connectivity index is 1.78. The number of aryl methyl sites for hydroxylation is 2. The maximum absolute atomic E-state index is 12.4. The molecule has 0 N–H and O–H groups in total. The number of ether oxygens (including phenoxy) is 1. The zero-order valence-electron chi connectivity index (χ0n) is 12.9. The molecule has 0 aromatic carbocycles. The van der Waals surface area contributed by atoms with Crippen LogP contribution < -0.4 is 0 Å². The Bertz CT molecular complexity index is 676. The third kappa shape index (κ3) is 2.70. The lowest BCUT2D eigenvalue weighted by Gasteiger charge is -2.21. The third-order valence-electron chi connectivity index (χ3n) is 4.01. The van der Waals surface area contributed by atoms with Crippen LogP contribution in [-0.2, 0) is 16.1 Å². The van der Waals surface area contributed by atoms with Gasteiger partial charge < -0.3 is 9.64 Å². The largest absolute Gasteiger partial charge is 0.365 e. The second-order valence-electron chi connectivity index (χ2n) is 5.85. The fourth-order valence-electron chi connectivity index (χ4n) is 2.83. The minimum Gasteiger partial charge on any atom is -0.365 e. The van der Waals surface area contributed by atoms with E-state index >= 15 is 0 Å². The van der Waals surface area contributed by atoms with Crippen LogP contribution in [0.4, 0.5) is 0 Å². The Morgan fingerprint density at radius 3 is 2.95 bits per heavy atom. The SMILES string of the molecule is Cc1cn2c(CN(C)C(=O)[C@H]3CC[C@@H](C)O3)c(C)nc2s1. The van der Waals surface area contributed by atoms with E-state index < -0.39 is 0 Å². The summed E-state index contributed by atoms with van der Waals surface area (Å²) in [6, 6.07) is 0. The molecule has 0 unspecified atom stereocenters. The van der Waals surface area contributed by atoms with E-state index in [1.807, 2.05) is 20.9 Å². The standard InChI is InChI=1S/C15H21N3O2S/c1-9-5-6-13(20-9)14(19)17(4)8-12-11(3)16-15-18(12)7-10(2)21-15/h7,9,13H,5-6,8H2,1-4H3/t9-,13-/m1/s1. The van der Waals surface area contributed by atoms with E-state index in [-0.39, 0.29) is 18.1 Å². The molecule has 0 saturated carbocycles. The number of fused-ring (bicyclic) bond motifs is 1. The lowest BCUT2D eigenvalue weighted by molar-refractivity contribution is -0.141. The summed E-state index contributed by atoms with van der Waals surface area (Å²) in [6.45, 7) is 6.65. The van der Waals surface area contributed by atoms with Gasteiger partial charge in [0.15, 0.2) is 4.96 Å². The number of imidazole rings is 1. The second kappa shape index (κ2) is 5.42. The molecule has 3 heterocycles. The molecule has 0 spiro atoms. The summed E-state index contributed by atoms with van der Waals surface area (Å²) in [7, 11) is 1.84. The number of amides is 1. The summed E-state index contributed by atoms with van der Waals surface area (Å²) in [5.74, 6) is 0.0700. The first-order valence-electron chi connectivity index (χ1n) is 7.30. The molecule has 0 bridgehead atoms. The second-order valence-corrected chi connectivity index (χ2v) is 7.06. The lowest BCUT2D eigenvalue weighted by Crippen LogP contribution is -2.36. The average molecular weight is 307 g/mol. The normalized spacial score (nSPS) is 22.1. The minimum atomic E-state index is -0.280. The number of hydrogen-bond acceptors (Lipinski definition) is 4. The van der Waals surface area contributed by atoms with E-state index in [2.05, 4.69) is 22.5 Å². The van der Waals surface area contributed by atoms with E-state index in [1.165, 1.54) is 4.88 Å². The van der Waals surface area contributed by atoms with Gasteiger partial charge in [-0.05, 0) is 33.6 Å². The first-order chi connectivity index (χ1) is 9.95. The van der Waals surface area contributed by atoms with Crippen LogP contribution in [0.5, 0.6) is 0 Å². The highest BCUT2D eigenvalue weighted by Gasteiger charge is 2.30. The maximum Gasteiger partial charge on any atom is 0.251 e. The number of hydrogen-bond donors (Lipinski definition) is 0. The Morgan fingerprint density at radius 1 is 1.52 bits per heavy atom. The van der Waals surface area contributed by atoms with E-state index in [0.717, 1.165) is 29.2 Å². The number of carbonyl (C=O) groups is 1. The molecule has 2 aromatic rings. The zero-order chi connectivity index (χ0) is 15.1. The fourth-order valence-corrected chi connectivity index (χ4v) is 3.72. The van der Waals surface area contributed by atoms with Crippen molar-refractivity contribution in [1.82, 2.24) is 14.3 Å². The summed E-state index contributed by atoms with van der Waals surface area (Å²) in [5.41, 5.74) is 2.07. The van der Waals surface area contributed by atoms with Crippen molar-refractivity contribution in [3.8, 4) is 0 Å². The molecule has 0 aliphatic carbocycles. The molecular weight excluding hydrogens is 286 g/mol. The van der Waals surface area contributed by atoms with Gasteiger partial charge in [0.2, 0.25) is 0 Å². The molecule has 1 fully saturated rings. The van der Waals surface area contributed by atoms with E-state index in [9.17, 15) is 4.79 Å². The quantitative estimate of drug-likeness (QED) is 0.875. The van der Waals surface area contributed by atoms with Crippen molar-refractivity contribution in [2.24, 2.45) is 0 Å². The third-order valence-corrected chi connectivity index (χ3v) is 4.91. The highest BCUT2D eigenvalue weighted by molar-refractivity contribution is 7.17. The number of aromatic nitrogens is 2. The van der Waals surface area contributed by atoms with Crippen molar-refractivity contribution in [2.45, 2.75) is 52.4 Å². The molecule has 2 atom stereocenters. The highest BCUT2D eigenvalue weighted by atomic mass is 32.1. The van der Waals surface area contributed by atoms with Gasteiger partial charge in [0.1, 0.15) is 6.10 Å². The van der Waals surface area contributed by atoms with Gasteiger partial charge in [0, 0.05) is 18.1 Å². The fraction of sp³-hybridized carbons (Fsp3) is 0.600. The molecule has 1 aliphatic heterocycles. The Hall–Kier alpha value is -1.40. The molecule has 6 heteroatoms. The number of rotatable bonds is 3. The van der Waals surface area contributed by atoms with E-state index in [4.69, 9.17) is 4.74 Å². The van der Waals surface area contributed by atoms with E-state index in [0.29, 0.717) is 6.54 Å². The highest BCUT2D eigenvalue weighted by Crippen LogP contribution is 2.24. The Morgan fingerprint density at radius 2 is 2.29 bits per heavy atom. The molecule has 114 valence electrons. The van der Waals surface area contributed by atoms with Crippen LogP contribution in [0, 0.1) is 13.8 Å². The maximum atomic E-state index is 12.4. The summed E-state index contributed by atoms with van der Waals surface area (Å²) in [4.78, 5) is 21.0. The topological polar surface area (TPSA) is 46.8 Å². The van der Waals surface area contributed by atoms with Crippen molar-refractivity contribution < 1.29 is 9.53 Å². The van der Waals surface area contributed by atoms with Gasteiger partial charge in [0.25, 0.3) is 5.91 Å². The number of thiazole rings is 1. The first-order valence-corrected chi connectivity index (χ1v) is 8.11. The molecular formula is C15H21N3O2S. The number of likely N-dealkylation sites (N-methyl/N-ethyl adjacent to an activating group) is 1. The summed E-state index contributed by atoms with van der Waals surface area (Å²) in [6.07, 6.45) is 3.78. The van der Waals surface area contributed by atoms with Crippen molar-refractivity contribution in [3.05, 3.63) is 22.5 Å². The van der Waals surface area contributed by atoms with Crippen molar-refractivity contribution in [3.63, 3.8) is 0 Å². The molecule has 2 aromatic heterocycles. The average Bonchev–Trinajstić information content (AvgIpc) is 3.07. The van der Waals surface area contributed by atoms with Crippen LogP contribution in [-0.4, -0.2) is 39.4 Å². The molecule has 21 heavy (non-hydrogen) atoms. The molecule has 5 nitrogen and oxygen atoms in total. The van der Waals surface area contributed by atoms with Crippen LogP contribution in [0.3, 0.4) is 0 Å². The Labute approximate surface area is 128 Å². The van der Waals surface area contributed by atoms with Gasteiger partial charge in [0.05, 0.1) is 24.0 Å². The molecule has 1 aliphatic rings. The number of carbonyl (C=O) groups excluding carboxylic acids is 1. The number of nitrogens with zero attached hydrogens (tertiary/aromatic N) is 3. The van der Waals surface area contributed by atoms with Crippen LogP contribution in [0.15, 0.2) is 6.20 Å². The van der Waals surface area contributed by atoms with Crippen LogP contribution in [0.25, 0.3) is 4.96 Å². The van der Waals surface area contributed by atoms with Gasteiger partial charge in [-0.2, -0.15) is 0 Å². The van der Waals surface area contributed by atoms with Gasteiger partial charge >= 0.3 is 0 Å². The van der Waals surface area contributed by atoms with Gasteiger partial charge in [-0.25, -0.2) is 4.98 Å². The van der Waals surface area contributed by atoms with Gasteiger partial charge in [-0.3, -0.25) is 9.20 Å². The molecule has 0 radical (unpaired) electrons. The van der Waals surface area contributed by atoms with Gasteiger partial charge in [-0.15, -0.1) is 11.3 Å². The lowest BCUT2D eigenvalue weighted by atomic mass is 10.2. The van der Waals surface area contributed by atoms with Crippen molar-refractivity contribution >= 4 is 22.2 Å². The predicted molar refractivity (Wildman–Crippen MR) is 82.6 cm³/mol. The molecule has 1 amide bonds. The predicted octanol–water partition coefficient (Wildman–Crippen LogP) is 2.54. The van der Waals surface area contributed by atoms with Crippen LogP contribution in [0.1, 0.15) is 36.0 Å². The Kier molecular flexibility index (Phi) is 3.75. The van der Waals surface area contributed by atoms with Crippen molar-refractivity contribution in [1.29, 1.82) is 0 Å². The first kappa shape index (κ1) is 14.5. The van der Waals surface area contributed by atoms with Gasteiger partial charge in [-0.1, -0.05) is 0 Å². The molecule has 3 rings (SSSR count). The van der Waals surface area contributed by atoms with Crippen molar-refractivity contribution in [2.75, 3.05) is 7.05 Å². The monoisotopic (exact) mass is 307 g/mol. The summed E-state index contributed by atoms with van der Waals surface area (Å²) < 4.78 is 7.77. The van der Waals surface area contributed by atoms with E-state index in [1.54, 1.807) is 16.2 Å².